The predicted molar refractivity (Wildman–Crippen MR) is 108 cm³/mol. The Labute approximate surface area is 168 Å². The van der Waals surface area contributed by atoms with E-state index in [-0.39, 0.29) is 0 Å². The third-order valence-corrected chi connectivity index (χ3v) is 4.40. The minimum Gasteiger partial charge on any atom is -0.493 e. The van der Waals surface area contributed by atoms with E-state index in [1.165, 1.54) is 6.33 Å². The molecular formula is C21H23N3O5. The molecule has 0 aliphatic carbocycles. The molecule has 2 bridgehead atoms. The van der Waals surface area contributed by atoms with Gasteiger partial charge in [-0.1, -0.05) is 12.1 Å². The van der Waals surface area contributed by atoms with Crippen LogP contribution in [0.3, 0.4) is 0 Å². The van der Waals surface area contributed by atoms with Crippen molar-refractivity contribution < 1.29 is 23.7 Å². The number of hydrogen-bond donors (Lipinski definition) is 1. The van der Waals surface area contributed by atoms with E-state index in [1.807, 2.05) is 36.4 Å². The number of anilines is 2. The monoisotopic (exact) mass is 397 g/mol. The van der Waals surface area contributed by atoms with Crippen LogP contribution in [0.25, 0.3) is 10.9 Å². The molecule has 4 rings (SSSR count). The molecule has 0 atom stereocenters. The molecule has 0 spiro atoms. The smallest absolute Gasteiger partial charge is 0.162 e. The summed E-state index contributed by atoms with van der Waals surface area (Å²) in [5.41, 5.74) is 1.55. The molecule has 152 valence electrons. The predicted octanol–water partition coefficient (Wildman–Crippen LogP) is 3.19. The van der Waals surface area contributed by atoms with Crippen molar-refractivity contribution in [2.75, 3.05) is 52.1 Å². The van der Waals surface area contributed by atoms with E-state index < -0.39 is 0 Å². The van der Waals surface area contributed by atoms with Crippen molar-refractivity contribution in [3.63, 3.8) is 0 Å². The molecule has 0 fully saturated rings. The molecule has 1 aromatic heterocycles. The quantitative estimate of drug-likeness (QED) is 0.670. The summed E-state index contributed by atoms with van der Waals surface area (Å²) in [4.78, 5) is 8.78. The highest BCUT2D eigenvalue weighted by molar-refractivity contribution is 5.93. The molecule has 3 aromatic rings. The molecule has 1 N–H and O–H groups in total. The lowest BCUT2D eigenvalue weighted by atomic mass is 10.2. The molecule has 0 saturated heterocycles. The molecular weight excluding hydrogens is 374 g/mol. The lowest BCUT2D eigenvalue weighted by molar-refractivity contribution is 0.0272. The van der Waals surface area contributed by atoms with Gasteiger partial charge in [0.2, 0.25) is 0 Å². The van der Waals surface area contributed by atoms with Gasteiger partial charge in [0.05, 0.1) is 44.7 Å². The molecule has 0 saturated carbocycles. The Bertz CT molecular complexity index is 966. The minimum absolute atomic E-state index is 0.393. The van der Waals surface area contributed by atoms with Crippen LogP contribution < -0.4 is 19.5 Å². The SMILES string of the molecule is COc1cc2ncnc3c2cc1OCCOCCOCCOc1ccccc1N3. The number of methoxy groups -OCH3 is 1. The molecule has 8 nitrogen and oxygen atoms in total. The molecule has 0 unspecified atom stereocenters. The highest BCUT2D eigenvalue weighted by Crippen LogP contribution is 2.36. The number of hydrogen-bond acceptors (Lipinski definition) is 8. The number of nitrogens with one attached hydrogen (secondary N) is 1. The summed E-state index contributed by atoms with van der Waals surface area (Å²) in [6, 6.07) is 11.4. The van der Waals surface area contributed by atoms with Gasteiger partial charge < -0.3 is 29.0 Å². The van der Waals surface area contributed by atoms with Gasteiger partial charge in [-0.2, -0.15) is 0 Å². The summed E-state index contributed by atoms with van der Waals surface area (Å²) in [5.74, 6) is 2.57. The molecule has 1 aliphatic rings. The topological polar surface area (TPSA) is 84.0 Å². The number of aromatic nitrogens is 2. The van der Waals surface area contributed by atoms with Crippen LogP contribution in [0.4, 0.5) is 11.5 Å². The van der Waals surface area contributed by atoms with Gasteiger partial charge in [-0.15, -0.1) is 0 Å². The van der Waals surface area contributed by atoms with Crippen LogP contribution in [0.15, 0.2) is 42.7 Å². The largest absolute Gasteiger partial charge is 0.493 e. The second-order valence-corrected chi connectivity index (χ2v) is 6.29. The molecule has 0 amide bonds. The number of fused-ring (bicyclic) bond motifs is 2. The number of rotatable bonds is 1. The summed E-state index contributed by atoms with van der Waals surface area (Å²) in [6.45, 7) is 2.75. The highest BCUT2D eigenvalue weighted by Gasteiger charge is 2.13. The van der Waals surface area contributed by atoms with Crippen molar-refractivity contribution in [3.05, 3.63) is 42.7 Å². The van der Waals surface area contributed by atoms with Crippen LogP contribution in [-0.2, 0) is 9.47 Å². The maximum Gasteiger partial charge on any atom is 0.162 e. The van der Waals surface area contributed by atoms with Gasteiger partial charge in [0.15, 0.2) is 11.5 Å². The second kappa shape index (κ2) is 9.40. The molecule has 0 radical (unpaired) electrons. The third-order valence-electron chi connectivity index (χ3n) is 4.40. The van der Waals surface area contributed by atoms with E-state index in [0.717, 1.165) is 16.6 Å². The first kappa shape index (κ1) is 19.2. The van der Waals surface area contributed by atoms with Gasteiger partial charge in [0, 0.05) is 11.5 Å². The average Bonchev–Trinajstić information content (AvgIpc) is 2.75. The maximum absolute atomic E-state index is 5.89. The lowest BCUT2D eigenvalue weighted by Gasteiger charge is -2.15. The van der Waals surface area contributed by atoms with Crippen molar-refractivity contribution in [1.29, 1.82) is 0 Å². The van der Waals surface area contributed by atoms with Crippen LogP contribution in [0.5, 0.6) is 17.2 Å². The average molecular weight is 397 g/mol. The number of para-hydroxylation sites is 2. The van der Waals surface area contributed by atoms with Crippen LogP contribution in [0.1, 0.15) is 0 Å². The van der Waals surface area contributed by atoms with E-state index in [9.17, 15) is 0 Å². The molecule has 29 heavy (non-hydrogen) atoms. The first-order valence-corrected chi connectivity index (χ1v) is 9.45. The van der Waals surface area contributed by atoms with Gasteiger partial charge in [-0.25, -0.2) is 9.97 Å². The Hall–Kier alpha value is -3.10. The molecule has 2 aromatic carbocycles. The van der Waals surface area contributed by atoms with Crippen molar-refractivity contribution in [2.24, 2.45) is 0 Å². The van der Waals surface area contributed by atoms with E-state index in [0.29, 0.717) is 62.7 Å². The van der Waals surface area contributed by atoms with Crippen LogP contribution in [0.2, 0.25) is 0 Å². The molecule has 2 heterocycles. The maximum atomic E-state index is 5.89. The van der Waals surface area contributed by atoms with Gasteiger partial charge >= 0.3 is 0 Å². The van der Waals surface area contributed by atoms with Crippen molar-refractivity contribution in [2.45, 2.75) is 0 Å². The zero-order valence-electron chi connectivity index (χ0n) is 16.2. The lowest BCUT2D eigenvalue weighted by Crippen LogP contribution is -2.13. The number of nitrogens with zero attached hydrogens (tertiary/aromatic N) is 2. The Morgan fingerprint density at radius 2 is 1.59 bits per heavy atom. The third kappa shape index (κ3) is 4.67. The zero-order chi connectivity index (χ0) is 19.9. The van der Waals surface area contributed by atoms with Crippen LogP contribution >= 0.6 is 0 Å². The summed E-state index contributed by atoms with van der Waals surface area (Å²) >= 11 is 0. The molecule has 8 heteroatoms. The Morgan fingerprint density at radius 1 is 0.862 bits per heavy atom. The highest BCUT2D eigenvalue weighted by atomic mass is 16.6. The van der Waals surface area contributed by atoms with Crippen LogP contribution in [0, 0.1) is 0 Å². The summed E-state index contributed by atoms with van der Waals surface area (Å²) in [5, 5.41) is 4.16. The van der Waals surface area contributed by atoms with E-state index in [2.05, 4.69) is 15.3 Å². The molecule has 1 aliphatic heterocycles. The first-order valence-electron chi connectivity index (χ1n) is 9.45. The van der Waals surface area contributed by atoms with E-state index in [1.54, 1.807) is 7.11 Å². The Kier molecular flexibility index (Phi) is 6.23. The second-order valence-electron chi connectivity index (χ2n) is 6.29. The summed E-state index contributed by atoms with van der Waals surface area (Å²) < 4.78 is 28.3. The Balaban J connectivity index is 1.73. The normalized spacial score (nSPS) is 15.5. The van der Waals surface area contributed by atoms with Gasteiger partial charge in [-0.3, -0.25) is 0 Å². The van der Waals surface area contributed by atoms with Gasteiger partial charge in [0.25, 0.3) is 0 Å². The van der Waals surface area contributed by atoms with E-state index >= 15 is 0 Å². The minimum atomic E-state index is 0.393. The van der Waals surface area contributed by atoms with Crippen molar-refractivity contribution >= 4 is 22.4 Å². The van der Waals surface area contributed by atoms with Crippen molar-refractivity contribution in [3.8, 4) is 17.2 Å². The fourth-order valence-corrected chi connectivity index (χ4v) is 3.00. The fraction of sp³-hybridized carbons (Fsp3) is 0.333. The Morgan fingerprint density at radius 3 is 2.38 bits per heavy atom. The van der Waals surface area contributed by atoms with Crippen LogP contribution in [-0.4, -0.2) is 56.7 Å². The van der Waals surface area contributed by atoms with Gasteiger partial charge in [-0.05, 0) is 18.2 Å². The number of benzene rings is 2. The van der Waals surface area contributed by atoms with E-state index in [4.69, 9.17) is 23.7 Å². The summed E-state index contributed by atoms with van der Waals surface area (Å²) in [7, 11) is 1.60. The summed E-state index contributed by atoms with van der Waals surface area (Å²) in [6.07, 6.45) is 1.51. The number of ether oxygens (including phenoxy) is 5. The first-order chi connectivity index (χ1) is 14.3. The standard InChI is InChI=1S/C21H23N3O5/c1-25-19-13-17-15-12-20(19)29-11-9-27-7-6-26-8-10-28-18-5-3-2-4-16(18)24-21(15)23-14-22-17/h2-5,12-14H,6-11H2,1H3,(H,22,23,24). The fourth-order valence-electron chi connectivity index (χ4n) is 3.00. The van der Waals surface area contributed by atoms with Crippen molar-refractivity contribution in [1.82, 2.24) is 9.97 Å². The zero-order valence-corrected chi connectivity index (χ0v) is 16.2. The van der Waals surface area contributed by atoms with Gasteiger partial charge in [0.1, 0.15) is 31.1 Å².